The first kappa shape index (κ1) is 7.46. The minimum atomic E-state index is -4.42. The highest BCUT2D eigenvalue weighted by Gasteiger charge is 2.29. The van der Waals surface area contributed by atoms with Crippen LogP contribution >= 0.6 is 0 Å². The zero-order valence-corrected chi connectivity index (χ0v) is 5.82. The highest BCUT2D eigenvalue weighted by Crippen LogP contribution is 2.07. The average molecular weight is 167 g/mol. The second-order valence-electron chi connectivity index (χ2n) is 2.17. The largest absolute Gasteiger partial charge is 0.352 e. The number of halogens is 1. The monoisotopic (exact) mass is 167 g/mol. The molecule has 1 fully saturated rings. The lowest BCUT2D eigenvalue weighted by Gasteiger charge is -2.24. The van der Waals surface area contributed by atoms with Crippen molar-refractivity contribution in [2.24, 2.45) is 0 Å². The van der Waals surface area contributed by atoms with Crippen molar-refractivity contribution in [3.8, 4) is 0 Å². The van der Waals surface area contributed by atoms with Crippen molar-refractivity contribution in [2.45, 2.75) is 12.5 Å². The summed E-state index contributed by atoms with van der Waals surface area (Å²) in [5.41, 5.74) is 0. The molecule has 0 saturated carbocycles. The van der Waals surface area contributed by atoms with Crippen LogP contribution in [0.5, 0.6) is 0 Å². The van der Waals surface area contributed by atoms with Gasteiger partial charge in [0, 0.05) is 6.42 Å². The average Bonchev–Trinajstić information content (AvgIpc) is 1.57. The summed E-state index contributed by atoms with van der Waals surface area (Å²) in [5.74, 6) is -0.827. The molecule has 10 heavy (non-hydrogen) atoms. The summed E-state index contributed by atoms with van der Waals surface area (Å²) in [7, 11) is -4.42. The summed E-state index contributed by atoms with van der Waals surface area (Å²) in [6.45, 7) is 0. The van der Waals surface area contributed by atoms with E-state index in [1.165, 1.54) is 0 Å². The molecule has 1 aliphatic rings. The van der Waals surface area contributed by atoms with Gasteiger partial charge in [0.2, 0.25) is 5.91 Å². The SMILES string of the molecule is O=C1CC(CS(=O)(=O)F)N1. The van der Waals surface area contributed by atoms with Crippen LogP contribution in [-0.2, 0) is 15.0 Å². The predicted octanol–water partition coefficient (Wildman–Crippen LogP) is -0.826. The van der Waals surface area contributed by atoms with E-state index in [0.29, 0.717) is 0 Å². The maximum atomic E-state index is 11.8. The van der Waals surface area contributed by atoms with E-state index in [2.05, 4.69) is 5.32 Å². The van der Waals surface area contributed by atoms with Gasteiger partial charge in [-0.15, -0.1) is 3.89 Å². The lowest BCUT2D eigenvalue weighted by molar-refractivity contribution is -0.127. The number of nitrogens with one attached hydrogen (secondary N) is 1. The number of rotatable bonds is 2. The molecule has 1 N–H and O–H groups in total. The van der Waals surface area contributed by atoms with Crippen molar-refractivity contribution >= 4 is 16.1 Å². The summed E-state index contributed by atoms with van der Waals surface area (Å²) < 4.78 is 31.7. The Balaban J connectivity index is 2.36. The van der Waals surface area contributed by atoms with Gasteiger partial charge in [-0.2, -0.15) is 8.42 Å². The summed E-state index contributed by atoms with van der Waals surface area (Å²) in [6, 6.07) is -0.512. The van der Waals surface area contributed by atoms with Crippen LogP contribution in [0.3, 0.4) is 0 Å². The maximum absolute atomic E-state index is 11.8. The van der Waals surface area contributed by atoms with Gasteiger partial charge in [0.05, 0.1) is 6.04 Å². The van der Waals surface area contributed by atoms with E-state index in [1.54, 1.807) is 0 Å². The van der Waals surface area contributed by atoms with Crippen molar-refractivity contribution in [1.29, 1.82) is 0 Å². The van der Waals surface area contributed by atoms with Gasteiger partial charge in [-0.1, -0.05) is 0 Å². The minimum absolute atomic E-state index is 0.114. The van der Waals surface area contributed by atoms with Crippen LogP contribution in [0.4, 0.5) is 3.89 Å². The molecule has 1 amide bonds. The molecule has 6 heteroatoms. The van der Waals surface area contributed by atoms with Gasteiger partial charge >= 0.3 is 10.2 Å². The lowest BCUT2D eigenvalue weighted by atomic mass is 10.1. The molecule has 4 nitrogen and oxygen atoms in total. The van der Waals surface area contributed by atoms with Crippen LogP contribution in [0.2, 0.25) is 0 Å². The quantitative estimate of drug-likeness (QED) is 0.431. The first-order chi connectivity index (χ1) is 4.47. The highest BCUT2D eigenvalue weighted by atomic mass is 32.3. The molecule has 1 rings (SSSR count). The van der Waals surface area contributed by atoms with Gasteiger partial charge in [-0.05, 0) is 0 Å². The van der Waals surface area contributed by atoms with Crippen molar-refractivity contribution in [3.05, 3.63) is 0 Å². The van der Waals surface area contributed by atoms with Crippen molar-refractivity contribution in [1.82, 2.24) is 5.32 Å². The Morgan fingerprint density at radius 2 is 2.20 bits per heavy atom. The molecule has 0 bridgehead atoms. The van der Waals surface area contributed by atoms with Crippen molar-refractivity contribution < 1.29 is 17.1 Å². The van der Waals surface area contributed by atoms with Crippen LogP contribution in [0.25, 0.3) is 0 Å². The Bertz CT molecular complexity index is 239. The fraction of sp³-hybridized carbons (Fsp3) is 0.750. The summed E-state index contributed by atoms with van der Waals surface area (Å²) in [5, 5.41) is 2.24. The molecule has 1 unspecified atom stereocenters. The third-order valence-corrected chi connectivity index (χ3v) is 2.00. The normalized spacial score (nSPS) is 25.3. The molecule has 0 aliphatic carbocycles. The van der Waals surface area contributed by atoms with Gasteiger partial charge in [-0.25, -0.2) is 0 Å². The Morgan fingerprint density at radius 3 is 2.50 bits per heavy atom. The summed E-state index contributed by atoms with van der Waals surface area (Å²) in [6.07, 6.45) is 0.114. The van der Waals surface area contributed by atoms with E-state index in [-0.39, 0.29) is 12.3 Å². The third kappa shape index (κ3) is 1.94. The molecule has 1 saturated heterocycles. The van der Waals surface area contributed by atoms with Crippen LogP contribution in [0.15, 0.2) is 0 Å². The summed E-state index contributed by atoms with van der Waals surface area (Å²) >= 11 is 0. The Hall–Kier alpha value is -0.650. The first-order valence-electron chi connectivity index (χ1n) is 2.69. The molecule has 1 aliphatic heterocycles. The van der Waals surface area contributed by atoms with E-state index in [9.17, 15) is 17.1 Å². The molecule has 58 valence electrons. The minimum Gasteiger partial charge on any atom is -0.352 e. The number of amides is 1. The van der Waals surface area contributed by atoms with Gasteiger partial charge in [0.15, 0.2) is 0 Å². The Labute approximate surface area is 57.6 Å². The predicted molar refractivity (Wildman–Crippen MR) is 31.4 cm³/mol. The fourth-order valence-corrected chi connectivity index (χ4v) is 1.45. The van der Waals surface area contributed by atoms with E-state index in [4.69, 9.17) is 0 Å². The fourth-order valence-electron chi connectivity index (χ4n) is 0.771. The van der Waals surface area contributed by atoms with E-state index in [1.807, 2.05) is 0 Å². The molecule has 0 radical (unpaired) electrons. The van der Waals surface area contributed by atoms with Gasteiger partial charge in [-0.3, -0.25) is 4.79 Å². The number of β-lactam (4-membered cyclic amide) rings is 1. The van der Waals surface area contributed by atoms with Gasteiger partial charge < -0.3 is 5.32 Å². The van der Waals surface area contributed by atoms with Gasteiger partial charge in [0.25, 0.3) is 0 Å². The molecule has 0 aromatic heterocycles. The van der Waals surface area contributed by atoms with Gasteiger partial charge in [0.1, 0.15) is 5.75 Å². The van der Waals surface area contributed by atoms with E-state index < -0.39 is 22.0 Å². The van der Waals surface area contributed by atoms with E-state index in [0.717, 1.165) is 0 Å². The van der Waals surface area contributed by atoms with Crippen LogP contribution < -0.4 is 5.32 Å². The number of carbonyl (C=O) groups excluding carboxylic acids is 1. The highest BCUT2D eigenvalue weighted by molar-refractivity contribution is 7.86. The molecular formula is C4H6FNO3S. The standard InChI is InChI=1S/C4H6FNO3S/c5-10(8,9)2-3-1-4(7)6-3/h3H,1-2H2,(H,6,7). The zero-order valence-electron chi connectivity index (χ0n) is 5.00. The molecule has 0 aromatic carbocycles. The Morgan fingerprint density at radius 1 is 1.70 bits per heavy atom. The lowest BCUT2D eigenvalue weighted by Crippen LogP contribution is -2.51. The topological polar surface area (TPSA) is 63.2 Å². The second kappa shape index (κ2) is 2.19. The van der Waals surface area contributed by atoms with Crippen LogP contribution in [0.1, 0.15) is 6.42 Å². The van der Waals surface area contributed by atoms with Crippen LogP contribution in [-0.4, -0.2) is 26.1 Å². The molecule has 0 spiro atoms. The Kier molecular flexibility index (Phi) is 1.63. The smallest absolute Gasteiger partial charge is 0.304 e. The van der Waals surface area contributed by atoms with Crippen molar-refractivity contribution in [3.63, 3.8) is 0 Å². The number of hydrogen-bond donors (Lipinski definition) is 1. The third-order valence-electron chi connectivity index (χ3n) is 1.20. The maximum Gasteiger partial charge on any atom is 0.304 e. The first-order valence-corrected chi connectivity index (χ1v) is 4.24. The van der Waals surface area contributed by atoms with Crippen LogP contribution in [0, 0.1) is 0 Å². The number of carbonyl (C=O) groups is 1. The molecule has 0 aromatic rings. The second-order valence-corrected chi connectivity index (χ2v) is 3.59. The molecule has 1 atom stereocenters. The summed E-state index contributed by atoms with van der Waals surface area (Å²) in [4.78, 5) is 10.2. The molecular weight excluding hydrogens is 161 g/mol. The molecule has 1 heterocycles. The van der Waals surface area contributed by atoms with Crippen molar-refractivity contribution in [2.75, 3.05) is 5.75 Å². The van der Waals surface area contributed by atoms with E-state index >= 15 is 0 Å². The zero-order chi connectivity index (χ0) is 7.78. The number of hydrogen-bond acceptors (Lipinski definition) is 3.